The molecule has 2 N–H and O–H groups in total. The highest BCUT2D eigenvalue weighted by molar-refractivity contribution is 5.79. The number of phenols is 1. The summed E-state index contributed by atoms with van der Waals surface area (Å²) in [6, 6.07) is 21.8. The van der Waals surface area contributed by atoms with Gasteiger partial charge in [-0.25, -0.2) is 4.79 Å². The molecule has 4 heteroatoms. The Labute approximate surface area is 189 Å². The van der Waals surface area contributed by atoms with E-state index in [2.05, 4.69) is 41.4 Å². The summed E-state index contributed by atoms with van der Waals surface area (Å²) in [5, 5.41) is 12.8. The molecule has 4 nitrogen and oxygen atoms in total. The van der Waals surface area contributed by atoms with E-state index >= 15 is 0 Å². The maximum Gasteiger partial charge on any atom is 0.407 e. The number of aromatic hydroxyl groups is 1. The fraction of sp³-hybridized carbons (Fsp3) is 0.250. The van der Waals surface area contributed by atoms with E-state index in [9.17, 15) is 9.90 Å². The highest BCUT2D eigenvalue weighted by Crippen LogP contribution is 2.44. The molecule has 0 spiro atoms. The Morgan fingerprint density at radius 1 is 1.00 bits per heavy atom. The Morgan fingerprint density at radius 2 is 1.62 bits per heavy atom. The number of nitrogens with one attached hydrogen (secondary N) is 1. The van der Waals surface area contributed by atoms with Gasteiger partial charge in [0.15, 0.2) is 0 Å². The molecule has 0 aliphatic heterocycles. The number of hydrogen-bond acceptors (Lipinski definition) is 3. The molecule has 1 amide bonds. The highest BCUT2D eigenvalue weighted by atomic mass is 16.5. The van der Waals surface area contributed by atoms with E-state index < -0.39 is 6.09 Å². The molecule has 32 heavy (non-hydrogen) atoms. The van der Waals surface area contributed by atoms with Crippen molar-refractivity contribution in [2.75, 3.05) is 13.2 Å². The summed E-state index contributed by atoms with van der Waals surface area (Å²) in [6.07, 6.45) is -0.484. The quantitative estimate of drug-likeness (QED) is 0.539. The van der Waals surface area contributed by atoms with Gasteiger partial charge < -0.3 is 15.2 Å². The van der Waals surface area contributed by atoms with Gasteiger partial charge in [-0.15, -0.1) is 0 Å². The second kappa shape index (κ2) is 8.80. The van der Waals surface area contributed by atoms with Crippen LogP contribution in [0.4, 0.5) is 4.79 Å². The van der Waals surface area contributed by atoms with Gasteiger partial charge in [0.1, 0.15) is 12.4 Å². The summed E-state index contributed by atoms with van der Waals surface area (Å²) in [6.45, 7) is 6.58. The summed E-state index contributed by atoms with van der Waals surface area (Å²) in [5.74, 6) is 6.28. The zero-order valence-electron chi connectivity index (χ0n) is 18.6. The number of rotatable bonds is 3. The molecule has 162 valence electrons. The predicted octanol–water partition coefficient (Wildman–Crippen LogP) is 5.58. The van der Waals surface area contributed by atoms with Gasteiger partial charge in [-0.2, -0.15) is 0 Å². The van der Waals surface area contributed by atoms with Crippen molar-refractivity contribution in [1.29, 1.82) is 0 Å². The summed E-state index contributed by atoms with van der Waals surface area (Å²) >= 11 is 0. The van der Waals surface area contributed by atoms with E-state index in [1.54, 1.807) is 12.1 Å². The minimum absolute atomic E-state index is 0.0343. The second-order valence-electron chi connectivity index (χ2n) is 8.96. The number of ether oxygens (including phenoxy) is 1. The van der Waals surface area contributed by atoms with Crippen LogP contribution >= 0.6 is 0 Å². The van der Waals surface area contributed by atoms with Crippen molar-refractivity contribution in [3.05, 3.63) is 89.0 Å². The maximum atomic E-state index is 12.2. The van der Waals surface area contributed by atoms with Gasteiger partial charge >= 0.3 is 6.09 Å². The SMILES string of the molecule is CC(C)(C)c1cc(C#CCNC(=O)OCC2c3ccccc3-c3ccccc32)ccc1O. The first-order valence-electron chi connectivity index (χ1n) is 10.8. The topological polar surface area (TPSA) is 58.6 Å². The van der Waals surface area contributed by atoms with Gasteiger partial charge in [0.25, 0.3) is 0 Å². The fourth-order valence-electron chi connectivity index (χ4n) is 4.13. The zero-order valence-corrected chi connectivity index (χ0v) is 18.6. The zero-order chi connectivity index (χ0) is 22.7. The van der Waals surface area contributed by atoms with Gasteiger partial charge in [-0.3, -0.25) is 0 Å². The van der Waals surface area contributed by atoms with Crippen molar-refractivity contribution in [2.45, 2.75) is 32.1 Å². The van der Waals surface area contributed by atoms with Crippen LogP contribution in [0.25, 0.3) is 11.1 Å². The van der Waals surface area contributed by atoms with Crippen molar-refractivity contribution in [1.82, 2.24) is 5.32 Å². The van der Waals surface area contributed by atoms with Crippen LogP contribution in [-0.2, 0) is 10.2 Å². The number of phenolic OH excluding ortho intramolecular Hbond substituents is 1. The number of hydrogen-bond donors (Lipinski definition) is 2. The highest BCUT2D eigenvalue weighted by Gasteiger charge is 2.28. The standard InChI is InChI=1S/C28H27NO3/c1-28(2,3)25-17-19(14-15-26(25)30)9-8-16-29-27(31)32-18-24-22-12-6-4-10-20(22)21-11-5-7-13-23(21)24/h4-7,10-15,17,24,30H,16,18H2,1-3H3,(H,29,31). The Hall–Kier alpha value is -3.71. The minimum atomic E-state index is -0.484. The third-order valence-corrected chi connectivity index (χ3v) is 5.70. The molecule has 0 radical (unpaired) electrons. The summed E-state index contributed by atoms with van der Waals surface area (Å²) in [5.41, 5.74) is 6.22. The Kier molecular flexibility index (Phi) is 5.92. The molecule has 1 aliphatic rings. The van der Waals surface area contributed by atoms with Gasteiger partial charge in [-0.1, -0.05) is 81.1 Å². The van der Waals surface area contributed by atoms with Gasteiger partial charge in [0, 0.05) is 17.0 Å². The monoisotopic (exact) mass is 425 g/mol. The lowest BCUT2D eigenvalue weighted by molar-refractivity contribution is 0.144. The smallest absolute Gasteiger partial charge is 0.407 e. The Bertz CT molecular complexity index is 1170. The molecule has 0 saturated carbocycles. The lowest BCUT2D eigenvalue weighted by Gasteiger charge is -2.20. The van der Waals surface area contributed by atoms with Crippen LogP contribution in [0, 0.1) is 11.8 Å². The molecule has 0 fully saturated rings. The van der Waals surface area contributed by atoms with Crippen LogP contribution in [0.2, 0.25) is 0 Å². The first kappa shape index (κ1) is 21.5. The molecule has 0 unspecified atom stereocenters. The molecule has 4 rings (SSSR count). The van der Waals surface area contributed by atoms with Gasteiger partial charge in [0.05, 0.1) is 6.54 Å². The summed E-state index contributed by atoms with van der Waals surface area (Å²) < 4.78 is 5.52. The Morgan fingerprint density at radius 3 is 2.25 bits per heavy atom. The second-order valence-corrected chi connectivity index (χ2v) is 8.96. The van der Waals surface area contributed by atoms with E-state index in [-0.39, 0.29) is 30.2 Å². The van der Waals surface area contributed by atoms with Crippen molar-refractivity contribution in [2.24, 2.45) is 0 Å². The van der Waals surface area contributed by atoms with E-state index in [1.807, 2.05) is 51.1 Å². The average Bonchev–Trinajstić information content (AvgIpc) is 3.09. The number of alkyl carbamates (subject to hydrolysis) is 1. The number of carbonyl (C=O) groups is 1. The van der Waals surface area contributed by atoms with Crippen LogP contribution in [-0.4, -0.2) is 24.4 Å². The number of benzene rings is 3. The van der Waals surface area contributed by atoms with Crippen molar-refractivity contribution in [3.63, 3.8) is 0 Å². The van der Waals surface area contributed by atoms with E-state index in [4.69, 9.17) is 4.74 Å². The lowest BCUT2D eigenvalue weighted by Crippen LogP contribution is -2.26. The predicted molar refractivity (Wildman–Crippen MR) is 127 cm³/mol. The van der Waals surface area contributed by atoms with Crippen LogP contribution in [0.3, 0.4) is 0 Å². The third-order valence-electron chi connectivity index (χ3n) is 5.70. The molecule has 0 heterocycles. The third kappa shape index (κ3) is 4.48. The summed E-state index contributed by atoms with van der Waals surface area (Å²) in [7, 11) is 0. The van der Waals surface area contributed by atoms with Crippen LogP contribution in [0.15, 0.2) is 66.7 Å². The lowest BCUT2D eigenvalue weighted by atomic mass is 9.85. The molecular weight excluding hydrogens is 398 g/mol. The van der Waals surface area contributed by atoms with E-state index in [0.29, 0.717) is 0 Å². The van der Waals surface area contributed by atoms with E-state index in [1.165, 1.54) is 22.3 Å². The number of carbonyl (C=O) groups excluding carboxylic acids is 1. The summed E-state index contributed by atoms with van der Waals surface area (Å²) in [4.78, 5) is 12.2. The van der Waals surface area contributed by atoms with Crippen molar-refractivity contribution < 1.29 is 14.6 Å². The van der Waals surface area contributed by atoms with Crippen LogP contribution < -0.4 is 5.32 Å². The largest absolute Gasteiger partial charge is 0.508 e. The van der Waals surface area contributed by atoms with Crippen LogP contribution in [0.1, 0.15) is 48.9 Å². The maximum absolute atomic E-state index is 12.2. The van der Waals surface area contributed by atoms with Gasteiger partial charge in [0.2, 0.25) is 0 Å². The molecule has 3 aromatic rings. The number of fused-ring (bicyclic) bond motifs is 3. The van der Waals surface area contributed by atoms with Crippen molar-refractivity contribution >= 4 is 6.09 Å². The molecule has 3 aromatic carbocycles. The molecule has 1 aliphatic carbocycles. The molecule has 0 atom stereocenters. The van der Waals surface area contributed by atoms with Crippen molar-refractivity contribution in [3.8, 4) is 28.7 Å². The normalized spacial score (nSPS) is 12.3. The van der Waals surface area contributed by atoms with Crippen LogP contribution in [0.5, 0.6) is 5.75 Å². The van der Waals surface area contributed by atoms with E-state index in [0.717, 1.165) is 11.1 Å². The molecule has 0 bridgehead atoms. The molecule has 0 saturated heterocycles. The number of amides is 1. The molecule has 0 aromatic heterocycles. The first-order chi connectivity index (χ1) is 15.3. The molecular formula is C28H27NO3. The van der Waals surface area contributed by atoms with Gasteiger partial charge in [-0.05, 0) is 45.9 Å². The minimum Gasteiger partial charge on any atom is -0.508 e. The first-order valence-corrected chi connectivity index (χ1v) is 10.8. The average molecular weight is 426 g/mol. The Balaban J connectivity index is 1.35. The fourth-order valence-corrected chi connectivity index (χ4v) is 4.13.